The zero-order valence-corrected chi connectivity index (χ0v) is 21.8. The number of benzene rings is 1. The first-order valence-corrected chi connectivity index (χ1v) is 13.0. The van der Waals surface area contributed by atoms with E-state index < -0.39 is 23.6 Å². The van der Waals surface area contributed by atoms with Gasteiger partial charge in [0.25, 0.3) is 0 Å². The van der Waals surface area contributed by atoms with Gasteiger partial charge in [0.2, 0.25) is 0 Å². The highest BCUT2D eigenvalue weighted by Gasteiger charge is 2.33. The van der Waals surface area contributed by atoms with Gasteiger partial charge in [-0.3, -0.25) is 0 Å². The Morgan fingerprint density at radius 3 is 2.62 bits per heavy atom. The van der Waals surface area contributed by atoms with Crippen LogP contribution < -0.4 is 15.1 Å². The number of nitrogens with one attached hydrogen (secondary N) is 1. The summed E-state index contributed by atoms with van der Waals surface area (Å²) in [4.78, 5) is 33.3. The molecule has 2 fully saturated rings. The van der Waals surface area contributed by atoms with Crippen LogP contribution in [0.3, 0.4) is 0 Å². The first kappa shape index (κ1) is 25.8. The summed E-state index contributed by atoms with van der Waals surface area (Å²) in [7, 11) is 0. The summed E-state index contributed by atoms with van der Waals surface area (Å²) in [6.45, 7) is 4.72. The van der Waals surface area contributed by atoms with E-state index in [4.69, 9.17) is 4.74 Å². The van der Waals surface area contributed by atoms with Gasteiger partial charge in [0.1, 0.15) is 35.6 Å². The molecule has 12 heteroatoms. The average molecular weight is 548 g/mol. The van der Waals surface area contributed by atoms with E-state index in [1.165, 1.54) is 6.33 Å². The SMILES string of the molecule is Cc1c(N2CCC[C@H]2C(=O)O)nc2cc(F)cc(F)c2c1Nc1cc(N2CCOCC2)ncc1-c1cncnc1. The quantitative estimate of drug-likeness (QED) is 0.362. The van der Waals surface area contributed by atoms with Crippen molar-refractivity contribution in [2.75, 3.05) is 48.0 Å². The van der Waals surface area contributed by atoms with Crippen LogP contribution in [0.15, 0.2) is 43.1 Å². The van der Waals surface area contributed by atoms with Crippen molar-refractivity contribution in [1.29, 1.82) is 0 Å². The summed E-state index contributed by atoms with van der Waals surface area (Å²) in [6, 6.07) is 3.08. The third-order valence-electron chi connectivity index (χ3n) is 7.39. The maximum absolute atomic E-state index is 15.4. The Hall–Kier alpha value is -4.45. The fourth-order valence-electron chi connectivity index (χ4n) is 5.42. The lowest BCUT2D eigenvalue weighted by Gasteiger charge is -2.29. The van der Waals surface area contributed by atoms with Gasteiger partial charge >= 0.3 is 5.97 Å². The number of aromatic nitrogens is 4. The van der Waals surface area contributed by atoms with E-state index in [2.05, 4.69) is 30.2 Å². The van der Waals surface area contributed by atoms with Gasteiger partial charge < -0.3 is 25.0 Å². The molecule has 40 heavy (non-hydrogen) atoms. The first-order valence-electron chi connectivity index (χ1n) is 13.0. The van der Waals surface area contributed by atoms with Crippen molar-refractivity contribution in [1.82, 2.24) is 19.9 Å². The molecule has 3 aromatic heterocycles. The molecule has 2 aliphatic heterocycles. The summed E-state index contributed by atoms with van der Waals surface area (Å²) in [5, 5.41) is 13.3. The molecule has 0 bridgehead atoms. The molecule has 0 spiro atoms. The number of rotatable bonds is 6. The van der Waals surface area contributed by atoms with Gasteiger partial charge in [0.15, 0.2) is 0 Å². The zero-order chi connectivity index (χ0) is 27.8. The molecule has 0 unspecified atom stereocenters. The lowest BCUT2D eigenvalue weighted by atomic mass is 10.0. The Morgan fingerprint density at radius 1 is 1.10 bits per heavy atom. The molecule has 2 saturated heterocycles. The molecule has 2 N–H and O–H groups in total. The third kappa shape index (κ3) is 4.75. The number of fused-ring (bicyclic) bond motifs is 1. The minimum absolute atomic E-state index is 0.0868. The molecule has 1 atom stereocenters. The molecule has 206 valence electrons. The van der Waals surface area contributed by atoms with E-state index in [9.17, 15) is 14.3 Å². The predicted molar refractivity (Wildman–Crippen MR) is 146 cm³/mol. The third-order valence-corrected chi connectivity index (χ3v) is 7.39. The number of carboxylic acids is 1. The van der Waals surface area contributed by atoms with Crippen molar-refractivity contribution in [3.05, 3.63) is 60.3 Å². The predicted octanol–water partition coefficient (Wildman–Crippen LogP) is 4.31. The van der Waals surface area contributed by atoms with Crippen LogP contribution in [0.1, 0.15) is 18.4 Å². The summed E-state index contributed by atoms with van der Waals surface area (Å²) in [5.41, 5.74) is 2.98. The zero-order valence-electron chi connectivity index (χ0n) is 21.8. The number of morpholine rings is 1. The maximum atomic E-state index is 15.4. The van der Waals surface area contributed by atoms with Gasteiger partial charge in [-0.15, -0.1) is 0 Å². The fraction of sp³-hybridized carbons (Fsp3) is 0.321. The van der Waals surface area contributed by atoms with E-state index in [1.807, 2.05) is 6.07 Å². The standard InChI is InChI=1S/C28H27F2N7O3/c1-16-26(25-20(30)9-18(29)10-22(25)35-27(16)37-4-2-3-23(37)28(38)39)34-21-11-24(36-5-7-40-8-6-36)33-14-19(21)17-12-31-15-32-13-17/h9-15,23H,2-8H2,1H3,(H,38,39)(H,33,34,35)/t23-/m0/s1. The second-order valence-electron chi connectivity index (χ2n) is 9.85. The normalized spacial score (nSPS) is 17.4. The Bertz CT molecular complexity index is 1580. The maximum Gasteiger partial charge on any atom is 0.326 e. The molecule has 0 amide bonds. The first-order chi connectivity index (χ1) is 19.4. The van der Waals surface area contributed by atoms with Crippen LogP contribution in [0.5, 0.6) is 0 Å². The molecule has 4 aromatic rings. The molecule has 5 heterocycles. The molecule has 2 aliphatic rings. The lowest BCUT2D eigenvalue weighted by Crippen LogP contribution is -2.37. The molecule has 10 nitrogen and oxygen atoms in total. The highest BCUT2D eigenvalue weighted by Crippen LogP contribution is 2.41. The van der Waals surface area contributed by atoms with Crippen LogP contribution in [0.4, 0.5) is 31.8 Å². The van der Waals surface area contributed by atoms with E-state index in [1.54, 1.807) is 30.4 Å². The summed E-state index contributed by atoms with van der Waals surface area (Å²) in [6.07, 6.45) is 7.58. The van der Waals surface area contributed by atoms with Gasteiger partial charge in [-0.2, -0.15) is 0 Å². The molecule has 6 rings (SSSR count). The number of nitrogens with zero attached hydrogens (tertiary/aromatic N) is 6. The summed E-state index contributed by atoms with van der Waals surface area (Å²) in [5.74, 6) is -1.43. The van der Waals surface area contributed by atoms with Gasteiger partial charge in [0, 0.05) is 73.1 Å². The fourth-order valence-corrected chi connectivity index (χ4v) is 5.42. The Labute approximate surface area is 228 Å². The Morgan fingerprint density at radius 2 is 1.88 bits per heavy atom. The van der Waals surface area contributed by atoms with Crippen molar-refractivity contribution >= 4 is 39.9 Å². The summed E-state index contributed by atoms with van der Waals surface area (Å²) >= 11 is 0. The number of pyridine rings is 2. The van der Waals surface area contributed by atoms with Crippen molar-refractivity contribution in [3.63, 3.8) is 0 Å². The van der Waals surface area contributed by atoms with Crippen LogP contribution in [0.25, 0.3) is 22.0 Å². The van der Waals surface area contributed by atoms with Crippen molar-refractivity contribution in [3.8, 4) is 11.1 Å². The second-order valence-corrected chi connectivity index (χ2v) is 9.85. The van der Waals surface area contributed by atoms with Crippen molar-refractivity contribution in [2.45, 2.75) is 25.8 Å². The Balaban J connectivity index is 1.54. The lowest BCUT2D eigenvalue weighted by molar-refractivity contribution is -0.138. The number of anilines is 4. The number of ether oxygens (including phenoxy) is 1. The van der Waals surface area contributed by atoms with Crippen LogP contribution >= 0.6 is 0 Å². The van der Waals surface area contributed by atoms with Crippen molar-refractivity contribution < 1.29 is 23.4 Å². The van der Waals surface area contributed by atoms with Crippen molar-refractivity contribution in [2.24, 2.45) is 0 Å². The molecule has 0 saturated carbocycles. The number of halogens is 2. The summed E-state index contributed by atoms with van der Waals surface area (Å²) < 4.78 is 35.3. The number of hydrogen-bond acceptors (Lipinski definition) is 9. The Kier molecular flexibility index (Phi) is 6.84. The number of aliphatic carboxylic acids is 1. The molecule has 0 aliphatic carbocycles. The average Bonchev–Trinajstić information content (AvgIpc) is 3.45. The topological polar surface area (TPSA) is 117 Å². The van der Waals surface area contributed by atoms with Crippen LogP contribution in [-0.2, 0) is 9.53 Å². The minimum atomic E-state index is -0.964. The van der Waals surface area contributed by atoms with Gasteiger partial charge in [-0.1, -0.05) is 0 Å². The van der Waals surface area contributed by atoms with Gasteiger partial charge in [0.05, 0.1) is 35.5 Å². The van der Waals surface area contributed by atoms with E-state index in [0.29, 0.717) is 85.4 Å². The minimum Gasteiger partial charge on any atom is -0.480 e. The van der Waals surface area contributed by atoms with Crippen LogP contribution in [0.2, 0.25) is 0 Å². The molecule has 1 aromatic carbocycles. The van der Waals surface area contributed by atoms with E-state index in [0.717, 1.165) is 12.1 Å². The molecular weight excluding hydrogens is 520 g/mol. The van der Waals surface area contributed by atoms with E-state index >= 15 is 4.39 Å². The van der Waals surface area contributed by atoms with Crippen LogP contribution in [0, 0.1) is 18.6 Å². The number of carbonyl (C=O) groups is 1. The van der Waals surface area contributed by atoms with Gasteiger partial charge in [-0.25, -0.2) is 33.5 Å². The number of carboxylic acid groups (broad SMARTS) is 1. The van der Waals surface area contributed by atoms with E-state index in [-0.39, 0.29) is 10.9 Å². The molecule has 0 radical (unpaired) electrons. The second kappa shape index (κ2) is 10.6. The molecular formula is C28H27F2N7O3. The monoisotopic (exact) mass is 547 g/mol. The van der Waals surface area contributed by atoms with Crippen LogP contribution in [-0.4, -0.2) is 69.9 Å². The highest BCUT2D eigenvalue weighted by atomic mass is 19.1. The van der Waals surface area contributed by atoms with Gasteiger partial charge in [-0.05, 0) is 19.8 Å². The highest BCUT2D eigenvalue weighted by molar-refractivity contribution is 5.99. The smallest absolute Gasteiger partial charge is 0.326 e. The number of hydrogen-bond donors (Lipinski definition) is 2. The largest absolute Gasteiger partial charge is 0.480 e.